The number of rotatable bonds is 1. The van der Waals surface area contributed by atoms with Gasteiger partial charge in [-0.1, -0.05) is 11.6 Å². The van der Waals surface area contributed by atoms with Crippen LogP contribution in [0.1, 0.15) is 12.8 Å². The quantitative estimate of drug-likeness (QED) is 0.806. The predicted molar refractivity (Wildman–Crippen MR) is 68.2 cm³/mol. The van der Waals surface area contributed by atoms with Gasteiger partial charge in [-0.2, -0.15) is 0 Å². The molecule has 16 heavy (non-hydrogen) atoms. The first-order valence-corrected chi connectivity index (χ1v) is 6.37. The normalized spacial score (nSPS) is 29.2. The summed E-state index contributed by atoms with van der Waals surface area (Å²) in [7, 11) is 0. The summed E-state index contributed by atoms with van der Waals surface area (Å²) in [6.07, 6.45) is 2.65. The van der Waals surface area contributed by atoms with E-state index in [1.165, 1.54) is 44.7 Å². The number of hydrogen-bond acceptors (Lipinski definition) is 2. The third-order valence-electron chi connectivity index (χ3n) is 3.96. The van der Waals surface area contributed by atoms with Crippen molar-refractivity contribution in [1.29, 1.82) is 0 Å². The molecule has 3 rings (SSSR count). The average molecular weight is 237 g/mol. The first-order chi connectivity index (χ1) is 7.77. The molecule has 2 aliphatic heterocycles. The van der Waals surface area contributed by atoms with Crippen LogP contribution in [0.4, 0.5) is 5.69 Å². The topological polar surface area (TPSA) is 15.3 Å². The first kappa shape index (κ1) is 10.4. The third-order valence-corrected chi connectivity index (χ3v) is 4.21. The fourth-order valence-electron chi connectivity index (χ4n) is 2.95. The van der Waals surface area contributed by atoms with Gasteiger partial charge in [-0.25, -0.2) is 0 Å². The van der Waals surface area contributed by atoms with Crippen molar-refractivity contribution in [2.45, 2.75) is 12.8 Å². The lowest BCUT2D eigenvalue weighted by Crippen LogP contribution is -2.28. The highest BCUT2D eigenvalue weighted by Crippen LogP contribution is 2.38. The Morgan fingerprint density at radius 2 is 2.00 bits per heavy atom. The third kappa shape index (κ3) is 1.80. The molecule has 0 bridgehead atoms. The van der Waals surface area contributed by atoms with Crippen LogP contribution < -0.4 is 10.2 Å². The van der Waals surface area contributed by atoms with Crippen LogP contribution in [-0.4, -0.2) is 26.2 Å². The van der Waals surface area contributed by atoms with Crippen molar-refractivity contribution in [2.75, 3.05) is 31.1 Å². The summed E-state index contributed by atoms with van der Waals surface area (Å²) in [6, 6.07) is 8.22. The number of anilines is 1. The Labute approximate surface area is 102 Å². The summed E-state index contributed by atoms with van der Waals surface area (Å²) in [5.74, 6) is 0. The van der Waals surface area contributed by atoms with E-state index in [2.05, 4.69) is 22.3 Å². The van der Waals surface area contributed by atoms with Crippen molar-refractivity contribution in [3.05, 3.63) is 29.3 Å². The maximum atomic E-state index is 5.91. The second kappa shape index (κ2) is 3.94. The highest BCUT2D eigenvalue weighted by Gasteiger charge is 2.40. The highest BCUT2D eigenvalue weighted by molar-refractivity contribution is 6.30. The molecule has 0 aromatic heterocycles. The van der Waals surface area contributed by atoms with Crippen LogP contribution in [0.2, 0.25) is 5.02 Å². The fourth-order valence-corrected chi connectivity index (χ4v) is 3.08. The Morgan fingerprint density at radius 3 is 2.69 bits per heavy atom. The van der Waals surface area contributed by atoms with Gasteiger partial charge >= 0.3 is 0 Å². The zero-order valence-electron chi connectivity index (χ0n) is 9.38. The minimum absolute atomic E-state index is 0.541. The van der Waals surface area contributed by atoms with E-state index in [-0.39, 0.29) is 0 Å². The predicted octanol–water partition coefficient (Wildman–Crippen LogP) is 2.53. The first-order valence-electron chi connectivity index (χ1n) is 5.99. The second-order valence-electron chi connectivity index (χ2n) is 5.07. The molecule has 86 valence electrons. The lowest BCUT2D eigenvalue weighted by molar-refractivity contribution is 0.369. The van der Waals surface area contributed by atoms with Crippen LogP contribution in [0.5, 0.6) is 0 Å². The van der Waals surface area contributed by atoms with Gasteiger partial charge in [0.1, 0.15) is 0 Å². The van der Waals surface area contributed by atoms with Crippen molar-refractivity contribution >= 4 is 17.3 Å². The summed E-state index contributed by atoms with van der Waals surface area (Å²) in [6.45, 7) is 4.76. The Morgan fingerprint density at radius 1 is 1.19 bits per heavy atom. The number of halogens is 1. The van der Waals surface area contributed by atoms with E-state index in [1.807, 2.05) is 12.1 Å². The number of hydrogen-bond donors (Lipinski definition) is 1. The van der Waals surface area contributed by atoms with Gasteiger partial charge < -0.3 is 10.2 Å². The van der Waals surface area contributed by atoms with Crippen molar-refractivity contribution in [3.8, 4) is 0 Å². The van der Waals surface area contributed by atoms with Crippen LogP contribution in [0.3, 0.4) is 0 Å². The van der Waals surface area contributed by atoms with Crippen LogP contribution in [0.25, 0.3) is 0 Å². The van der Waals surface area contributed by atoms with E-state index >= 15 is 0 Å². The number of nitrogens with one attached hydrogen (secondary N) is 1. The molecule has 1 unspecified atom stereocenters. The monoisotopic (exact) mass is 236 g/mol. The summed E-state index contributed by atoms with van der Waals surface area (Å²) >= 11 is 5.91. The lowest BCUT2D eigenvalue weighted by atomic mass is 9.86. The van der Waals surface area contributed by atoms with Crippen LogP contribution in [0, 0.1) is 5.41 Å². The summed E-state index contributed by atoms with van der Waals surface area (Å²) in [5.41, 5.74) is 1.85. The van der Waals surface area contributed by atoms with Crippen molar-refractivity contribution in [3.63, 3.8) is 0 Å². The van der Waals surface area contributed by atoms with Gasteiger partial charge in [0, 0.05) is 35.8 Å². The zero-order chi connectivity index (χ0) is 11.0. The van der Waals surface area contributed by atoms with E-state index in [1.54, 1.807) is 0 Å². The maximum absolute atomic E-state index is 5.91. The minimum atomic E-state index is 0.541. The SMILES string of the molecule is Clc1ccc(N2CCC3(CCNC3)C2)cc1. The molecule has 0 radical (unpaired) electrons. The highest BCUT2D eigenvalue weighted by atomic mass is 35.5. The van der Waals surface area contributed by atoms with Crippen LogP contribution >= 0.6 is 11.6 Å². The van der Waals surface area contributed by atoms with Crippen molar-refractivity contribution in [2.24, 2.45) is 5.41 Å². The molecular formula is C13H17ClN2. The van der Waals surface area contributed by atoms with E-state index in [0.717, 1.165) is 5.02 Å². The molecule has 0 aliphatic carbocycles. The van der Waals surface area contributed by atoms with Gasteiger partial charge in [-0.05, 0) is 43.7 Å². The van der Waals surface area contributed by atoms with Crippen molar-refractivity contribution in [1.82, 2.24) is 5.32 Å². The Kier molecular flexibility index (Phi) is 2.56. The zero-order valence-corrected chi connectivity index (χ0v) is 10.1. The molecule has 2 heterocycles. The average Bonchev–Trinajstić information content (AvgIpc) is 2.91. The Hall–Kier alpha value is -0.730. The Bertz CT molecular complexity index is 368. The van der Waals surface area contributed by atoms with Gasteiger partial charge in [0.25, 0.3) is 0 Å². The van der Waals surface area contributed by atoms with Crippen LogP contribution in [0.15, 0.2) is 24.3 Å². The summed E-state index contributed by atoms with van der Waals surface area (Å²) in [4.78, 5) is 2.49. The Balaban J connectivity index is 1.75. The fraction of sp³-hybridized carbons (Fsp3) is 0.538. The molecule has 1 aromatic rings. The molecule has 0 saturated carbocycles. The van der Waals surface area contributed by atoms with Crippen molar-refractivity contribution < 1.29 is 0 Å². The second-order valence-corrected chi connectivity index (χ2v) is 5.51. The molecule has 3 heteroatoms. The molecule has 2 aliphatic rings. The molecule has 1 atom stereocenters. The molecule has 1 spiro atoms. The van der Waals surface area contributed by atoms with E-state index in [9.17, 15) is 0 Å². The van der Waals surface area contributed by atoms with Crippen LogP contribution in [-0.2, 0) is 0 Å². The molecule has 1 N–H and O–H groups in total. The summed E-state index contributed by atoms with van der Waals surface area (Å²) in [5, 5.41) is 4.31. The minimum Gasteiger partial charge on any atom is -0.371 e. The van der Waals surface area contributed by atoms with E-state index in [0.29, 0.717) is 5.41 Å². The largest absolute Gasteiger partial charge is 0.371 e. The van der Waals surface area contributed by atoms with E-state index < -0.39 is 0 Å². The van der Waals surface area contributed by atoms with Gasteiger partial charge in [-0.15, -0.1) is 0 Å². The summed E-state index contributed by atoms with van der Waals surface area (Å²) < 4.78 is 0. The van der Waals surface area contributed by atoms with Gasteiger partial charge in [-0.3, -0.25) is 0 Å². The molecule has 0 amide bonds. The molecule has 2 fully saturated rings. The molecule has 1 aromatic carbocycles. The number of benzene rings is 1. The maximum Gasteiger partial charge on any atom is 0.0407 e. The lowest BCUT2D eigenvalue weighted by Gasteiger charge is -2.24. The van der Waals surface area contributed by atoms with Gasteiger partial charge in [0.15, 0.2) is 0 Å². The molecule has 2 saturated heterocycles. The number of nitrogens with zero attached hydrogens (tertiary/aromatic N) is 1. The van der Waals surface area contributed by atoms with Gasteiger partial charge in [0.05, 0.1) is 0 Å². The molecule has 2 nitrogen and oxygen atoms in total. The van der Waals surface area contributed by atoms with E-state index in [4.69, 9.17) is 11.6 Å². The van der Waals surface area contributed by atoms with Gasteiger partial charge in [0.2, 0.25) is 0 Å². The standard InChI is InChI=1S/C13H17ClN2/c14-11-1-3-12(4-2-11)16-8-6-13(10-16)5-7-15-9-13/h1-4,15H,5-10H2. The smallest absolute Gasteiger partial charge is 0.0407 e. The molecular weight excluding hydrogens is 220 g/mol.